The van der Waals surface area contributed by atoms with Gasteiger partial charge >= 0.3 is 0 Å². The van der Waals surface area contributed by atoms with Gasteiger partial charge in [0.2, 0.25) is 0 Å². The van der Waals surface area contributed by atoms with Gasteiger partial charge in [0.1, 0.15) is 11.5 Å². The third-order valence-electron chi connectivity index (χ3n) is 3.45. The Morgan fingerprint density at radius 2 is 2.11 bits per heavy atom. The van der Waals surface area contributed by atoms with Crippen LogP contribution in [-0.2, 0) is 4.79 Å². The van der Waals surface area contributed by atoms with Gasteiger partial charge in [0.25, 0.3) is 0 Å². The Balaban J connectivity index is 1.99. The maximum Gasteiger partial charge on any atom is 0.173 e. The lowest BCUT2D eigenvalue weighted by Gasteiger charge is -2.28. The molecule has 1 saturated heterocycles. The van der Waals surface area contributed by atoms with Crippen LogP contribution in [0.1, 0.15) is 29.6 Å². The van der Waals surface area contributed by atoms with Crippen LogP contribution in [-0.4, -0.2) is 34.4 Å². The summed E-state index contributed by atoms with van der Waals surface area (Å²) in [6, 6.07) is 6.35. The van der Waals surface area contributed by atoms with Crippen LogP contribution in [0.5, 0.6) is 5.75 Å². The number of rotatable bonds is 4. The third-order valence-corrected chi connectivity index (χ3v) is 3.92. The van der Waals surface area contributed by atoms with Crippen molar-refractivity contribution in [3.63, 3.8) is 0 Å². The minimum atomic E-state index is -0.302. The molecule has 0 bridgehead atoms. The maximum atomic E-state index is 12.1. The van der Waals surface area contributed by atoms with Crippen molar-refractivity contribution in [3.05, 3.63) is 29.8 Å². The summed E-state index contributed by atoms with van der Waals surface area (Å²) in [5.74, 6) is -0.456. The number of benzene rings is 1. The molecule has 0 aliphatic carbocycles. The summed E-state index contributed by atoms with van der Waals surface area (Å²) < 4.78 is 2.04. The molecule has 0 saturated carbocycles. The Kier molecular flexibility index (Phi) is 4.67. The average molecular weight is 279 g/mol. The summed E-state index contributed by atoms with van der Waals surface area (Å²) in [6.45, 7) is 1.67. The van der Waals surface area contributed by atoms with Crippen molar-refractivity contribution in [1.29, 1.82) is 0 Å². The Hall–Kier alpha value is -1.25. The van der Waals surface area contributed by atoms with Crippen LogP contribution in [0.4, 0.5) is 0 Å². The van der Waals surface area contributed by atoms with E-state index in [4.69, 9.17) is 0 Å². The minimum absolute atomic E-state index is 0.0274. The van der Waals surface area contributed by atoms with Crippen molar-refractivity contribution in [2.75, 3.05) is 13.1 Å². The van der Waals surface area contributed by atoms with Gasteiger partial charge in [-0.05, 0) is 25.0 Å². The van der Waals surface area contributed by atoms with Gasteiger partial charge < -0.3 is 5.11 Å². The Labute approximate surface area is 115 Å². The van der Waals surface area contributed by atoms with Crippen LogP contribution < -0.4 is 0 Å². The fraction of sp³-hybridized carbons (Fsp3) is 0.429. The first kappa shape index (κ1) is 14.2. The van der Waals surface area contributed by atoms with Crippen LogP contribution in [0.2, 0.25) is 0 Å². The standard InChI is InChI=1S/C14H18NO3P/c16-12-6-2-1-5-11(12)14(18)8-13(17)10-4-3-7-15(19)9-10/h1-2,5-6,10,16H,3-4,7-9,19H2. The highest BCUT2D eigenvalue weighted by molar-refractivity contribution is 7.13. The molecular formula is C14H18NO3P. The average Bonchev–Trinajstić information content (AvgIpc) is 2.39. The molecule has 1 aliphatic heterocycles. The van der Waals surface area contributed by atoms with Gasteiger partial charge in [-0.25, -0.2) is 0 Å². The summed E-state index contributed by atoms with van der Waals surface area (Å²) in [7, 11) is 2.61. The molecule has 2 unspecified atom stereocenters. The highest BCUT2D eigenvalue weighted by atomic mass is 31.0. The van der Waals surface area contributed by atoms with Crippen LogP contribution in [0.25, 0.3) is 0 Å². The van der Waals surface area contributed by atoms with E-state index in [2.05, 4.69) is 9.39 Å². The van der Waals surface area contributed by atoms with Crippen molar-refractivity contribution >= 4 is 21.0 Å². The molecular weight excluding hydrogens is 261 g/mol. The predicted molar refractivity (Wildman–Crippen MR) is 76.1 cm³/mol. The predicted octanol–water partition coefficient (Wildman–Crippen LogP) is 2.04. The zero-order valence-corrected chi connectivity index (χ0v) is 11.9. The second kappa shape index (κ2) is 6.27. The zero-order chi connectivity index (χ0) is 13.8. The molecule has 102 valence electrons. The largest absolute Gasteiger partial charge is 0.507 e. The molecule has 1 fully saturated rings. The van der Waals surface area contributed by atoms with Crippen LogP contribution >= 0.6 is 9.39 Å². The van der Waals surface area contributed by atoms with Gasteiger partial charge in [-0.15, -0.1) is 0 Å². The number of carbonyl (C=O) groups is 2. The Bertz CT molecular complexity index is 489. The van der Waals surface area contributed by atoms with E-state index in [0.29, 0.717) is 6.54 Å². The number of aromatic hydroxyl groups is 1. The number of piperidine rings is 1. The summed E-state index contributed by atoms with van der Waals surface area (Å²) in [5.41, 5.74) is 0.231. The smallest absolute Gasteiger partial charge is 0.173 e. The number of nitrogens with zero attached hydrogens (tertiary/aromatic N) is 1. The summed E-state index contributed by atoms with van der Waals surface area (Å²) in [4.78, 5) is 24.1. The van der Waals surface area contributed by atoms with E-state index in [9.17, 15) is 14.7 Å². The van der Waals surface area contributed by atoms with Crippen LogP contribution in [0, 0.1) is 5.92 Å². The van der Waals surface area contributed by atoms with E-state index in [-0.39, 0.29) is 35.2 Å². The Morgan fingerprint density at radius 1 is 1.37 bits per heavy atom. The number of carbonyl (C=O) groups excluding carboxylic acids is 2. The maximum absolute atomic E-state index is 12.1. The molecule has 1 aromatic carbocycles. The van der Waals surface area contributed by atoms with Crippen LogP contribution in [0.3, 0.4) is 0 Å². The number of hydrogen-bond acceptors (Lipinski definition) is 4. The van der Waals surface area contributed by atoms with Crippen molar-refractivity contribution < 1.29 is 14.7 Å². The number of hydrogen-bond donors (Lipinski definition) is 1. The third kappa shape index (κ3) is 3.62. The summed E-state index contributed by atoms with van der Waals surface area (Å²) >= 11 is 0. The number of phenols is 1. The molecule has 5 heteroatoms. The molecule has 0 aromatic heterocycles. The molecule has 19 heavy (non-hydrogen) atoms. The van der Waals surface area contributed by atoms with Gasteiger partial charge in [0.15, 0.2) is 5.78 Å². The fourth-order valence-electron chi connectivity index (χ4n) is 2.38. The van der Waals surface area contributed by atoms with Gasteiger partial charge in [-0.1, -0.05) is 21.5 Å². The highest BCUT2D eigenvalue weighted by Gasteiger charge is 2.26. The highest BCUT2D eigenvalue weighted by Crippen LogP contribution is 2.23. The van der Waals surface area contributed by atoms with Crippen molar-refractivity contribution in [1.82, 2.24) is 4.67 Å². The number of phenolic OH excluding ortho intramolecular Hbond substituents is 1. The van der Waals surface area contributed by atoms with E-state index in [0.717, 1.165) is 19.4 Å². The molecule has 2 atom stereocenters. The zero-order valence-electron chi connectivity index (χ0n) is 10.7. The van der Waals surface area contributed by atoms with E-state index < -0.39 is 0 Å². The number of ketones is 2. The summed E-state index contributed by atoms with van der Waals surface area (Å²) in [6.07, 6.45) is 1.70. The van der Waals surface area contributed by atoms with E-state index in [1.54, 1.807) is 18.2 Å². The lowest BCUT2D eigenvalue weighted by Crippen LogP contribution is -2.33. The molecule has 0 radical (unpaired) electrons. The molecule has 2 rings (SSSR count). The molecule has 0 amide bonds. The normalized spacial score (nSPS) is 20.2. The summed E-state index contributed by atoms with van der Waals surface area (Å²) in [5, 5.41) is 9.60. The topological polar surface area (TPSA) is 57.6 Å². The van der Waals surface area contributed by atoms with Gasteiger partial charge in [-0.2, -0.15) is 0 Å². The number of Topliss-reactive ketones (excluding diaryl/α,β-unsaturated/α-hetero) is 2. The minimum Gasteiger partial charge on any atom is -0.507 e. The first-order valence-corrected chi connectivity index (χ1v) is 6.93. The molecule has 0 spiro atoms. The lowest BCUT2D eigenvalue weighted by molar-refractivity contribution is -0.123. The van der Waals surface area contributed by atoms with Gasteiger partial charge in [0, 0.05) is 19.0 Å². The van der Waals surface area contributed by atoms with E-state index >= 15 is 0 Å². The second-order valence-corrected chi connectivity index (χ2v) is 5.65. The monoisotopic (exact) mass is 279 g/mol. The van der Waals surface area contributed by atoms with Crippen molar-refractivity contribution in [3.8, 4) is 5.75 Å². The molecule has 1 N–H and O–H groups in total. The van der Waals surface area contributed by atoms with E-state index in [1.807, 2.05) is 4.67 Å². The molecule has 4 nitrogen and oxygen atoms in total. The van der Waals surface area contributed by atoms with E-state index in [1.165, 1.54) is 6.07 Å². The SMILES string of the molecule is O=C(CC(=O)C1CCCN(P)C1)c1ccccc1O. The quantitative estimate of drug-likeness (QED) is 0.520. The Morgan fingerprint density at radius 3 is 2.79 bits per heavy atom. The van der Waals surface area contributed by atoms with Crippen molar-refractivity contribution in [2.24, 2.45) is 5.92 Å². The second-order valence-electron chi connectivity index (χ2n) is 4.92. The van der Waals surface area contributed by atoms with Gasteiger partial charge in [0.05, 0.1) is 12.0 Å². The first-order chi connectivity index (χ1) is 9.08. The molecule has 1 heterocycles. The van der Waals surface area contributed by atoms with Crippen LogP contribution in [0.15, 0.2) is 24.3 Å². The lowest BCUT2D eigenvalue weighted by atomic mass is 9.91. The first-order valence-electron chi connectivity index (χ1n) is 6.41. The fourth-order valence-corrected chi connectivity index (χ4v) is 2.81. The molecule has 1 aliphatic rings. The number of para-hydroxylation sites is 1. The molecule has 1 aromatic rings. The van der Waals surface area contributed by atoms with Crippen molar-refractivity contribution in [2.45, 2.75) is 19.3 Å². The van der Waals surface area contributed by atoms with Gasteiger partial charge in [-0.3, -0.25) is 14.3 Å².